The smallest absolute Gasteiger partial charge is 0.0574 e. The summed E-state index contributed by atoms with van der Waals surface area (Å²) < 4.78 is 1.03. The van der Waals surface area contributed by atoms with E-state index >= 15 is 0 Å². The number of aryl methyl sites for hydroxylation is 1. The molecule has 2 aromatic rings. The zero-order valence-corrected chi connectivity index (χ0v) is 13.9. The zero-order chi connectivity index (χ0) is 14.7. The van der Waals surface area contributed by atoms with Crippen LogP contribution >= 0.6 is 15.9 Å². The van der Waals surface area contributed by atoms with Crippen molar-refractivity contribution in [2.24, 2.45) is 0 Å². The van der Waals surface area contributed by atoms with E-state index < -0.39 is 0 Å². The molecular formula is C18H21BrN2. The second kappa shape index (κ2) is 6.71. The Labute approximate surface area is 135 Å². The molecule has 1 aliphatic carbocycles. The van der Waals surface area contributed by atoms with Gasteiger partial charge in [0.1, 0.15) is 0 Å². The number of fused-ring (bicyclic) bond motifs is 1. The third-order valence-corrected chi connectivity index (χ3v) is 4.94. The Kier molecular flexibility index (Phi) is 4.71. The highest BCUT2D eigenvalue weighted by Gasteiger charge is 2.23. The number of halogens is 1. The predicted molar refractivity (Wildman–Crippen MR) is 90.5 cm³/mol. The maximum absolute atomic E-state index is 4.56. The van der Waals surface area contributed by atoms with Crippen molar-refractivity contribution >= 4 is 15.9 Å². The lowest BCUT2D eigenvalue weighted by atomic mass is 9.79. The molecule has 21 heavy (non-hydrogen) atoms. The first-order chi connectivity index (χ1) is 10.3. The average Bonchev–Trinajstić information content (AvgIpc) is 2.54. The van der Waals surface area contributed by atoms with Crippen molar-refractivity contribution in [3.8, 4) is 0 Å². The Balaban J connectivity index is 1.80. The summed E-state index contributed by atoms with van der Waals surface area (Å²) in [5.74, 6) is 0.637. The fraction of sp³-hybridized carbons (Fsp3) is 0.389. The van der Waals surface area contributed by atoms with Crippen LogP contribution in [0.25, 0.3) is 0 Å². The number of pyridine rings is 1. The van der Waals surface area contributed by atoms with Crippen LogP contribution in [-0.2, 0) is 6.42 Å². The Morgan fingerprint density at radius 3 is 2.90 bits per heavy atom. The van der Waals surface area contributed by atoms with Crippen molar-refractivity contribution in [3.63, 3.8) is 0 Å². The summed E-state index contributed by atoms with van der Waals surface area (Å²) in [5, 5.41) is 3.44. The van der Waals surface area contributed by atoms with Gasteiger partial charge in [0.15, 0.2) is 0 Å². The molecule has 0 spiro atoms. The van der Waals surface area contributed by atoms with Crippen molar-refractivity contribution in [2.75, 3.05) is 7.05 Å². The lowest BCUT2D eigenvalue weighted by molar-refractivity contribution is 0.434. The summed E-state index contributed by atoms with van der Waals surface area (Å²) in [6.45, 7) is 0. The molecule has 2 unspecified atom stereocenters. The second-order valence-corrected chi connectivity index (χ2v) is 6.68. The molecule has 3 rings (SSSR count). The highest BCUT2D eigenvalue weighted by Crippen LogP contribution is 2.37. The number of hydrogen-bond donors (Lipinski definition) is 1. The molecule has 1 aromatic carbocycles. The fourth-order valence-electron chi connectivity index (χ4n) is 3.36. The third kappa shape index (κ3) is 3.35. The van der Waals surface area contributed by atoms with Gasteiger partial charge in [-0.1, -0.05) is 24.3 Å². The van der Waals surface area contributed by atoms with Gasteiger partial charge in [-0.15, -0.1) is 0 Å². The van der Waals surface area contributed by atoms with Crippen molar-refractivity contribution in [2.45, 2.75) is 37.6 Å². The lowest BCUT2D eigenvalue weighted by Gasteiger charge is -2.28. The van der Waals surface area contributed by atoms with Crippen molar-refractivity contribution in [1.29, 1.82) is 0 Å². The molecule has 0 saturated carbocycles. The van der Waals surface area contributed by atoms with Crippen molar-refractivity contribution < 1.29 is 0 Å². The van der Waals surface area contributed by atoms with Gasteiger partial charge in [0.05, 0.1) is 5.69 Å². The predicted octanol–water partition coefficient (Wildman–Crippen LogP) is 4.61. The number of aromatic nitrogens is 1. The van der Waals surface area contributed by atoms with Crippen molar-refractivity contribution in [1.82, 2.24) is 10.3 Å². The van der Waals surface area contributed by atoms with Crippen LogP contribution in [-0.4, -0.2) is 12.0 Å². The highest BCUT2D eigenvalue weighted by atomic mass is 79.9. The number of rotatable bonds is 4. The molecule has 0 radical (unpaired) electrons. The van der Waals surface area contributed by atoms with Gasteiger partial charge in [-0.2, -0.15) is 0 Å². The molecule has 0 aliphatic heterocycles. The van der Waals surface area contributed by atoms with E-state index in [1.165, 1.54) is 24.8 Å². The Bertz CT molecular complexity index is 594. The molecular weight excluding hydrogens is 324 g/mol. The van der Waals surface area contributed by atoms with Crippen LogP contribution in [0.1, 0.15) is 48.0 Å². The second-order valence-electron chi connectivity index (χ2n) is 5.77. The number of hydrogen-bond acceptors (Lipinski definition) is 2. The summed E-state index contributed by atoms with van der Waals surface area (Å²) in [5.41, 5.74) is 4.21. The Hall–Kier alpha value is -1.19. The summed E-state index contributed by atoms with van der Waals surface area (Å²) in [4.78, 5) is 4.56. The lowest BCUT2D eigenvalue weighted by Crippen LogP contribution is -2.22. The van der Waals surface area contributed by atoms with Gasteiger partial charge in [0.25, 0.3) is 0 Å². The van der Waals surface area contributed by atoms with Gasteiger partial charge in [-0.05, 0) is 77.8 Å². The SMILES string of the molecule is CNC(CC1CCCc2ccccc21)c1ccc(Br)cn1. The molecule has 1 N–H and O–H groups in total. The average molecular weight is 345 g/mol. The van der Waals surface area contributed by atoms with Crippen LogP contribution in [0.2, 0.25) is 0 Å². The van der Waals surface area contributed by atoms with Gasteiger partial charge in [0.2, 0.25) is 0 Å². The quantitative estimate of drug-likeness (QED) is 0.875. The van der Waals surface area contributed by atoms with Gasteiger partial charge < -0.3 is 5.32 Å². The number of nitrogens with zero attached hydrogens (tertiary/aromatic N) is 1. The van der Waals surface area contributed by atoms with Crippen LogP contribution in [0.4, 0.5) is 0 Å². The Morgan fingerprint density at radius 1 is 1.29 bits per heavy atom. The summed E-state index contributed by atoms with van der Waals surface area (Å²) in [6.07, 6.45) is 6.81. The molecule has 2 atom stereocenters. The summed E-state index contributed by atoms with van der Waals surface area (Å²) in [7, 11) is 2.03. The van der Waals surface area contributed by atoms with E-state index in [0.717, 1.165) is 16.6 Å². The van der Waals surface area contributed by atoms with Crippen LogP contribution in [0, 0.1) is 0 Å². The Morgan fingerprint density at radius 2 is 2.14 bits per heavy atom. The van der Waals surface area contributed by atoms with Crippen LogP contribution in [0.3, 0.4) is 0 Å². The number of benzene rings is 1. The van der Waals surface area contributed by atoms with E-state index in [1.54, 1.807) is 5.56 Å². The molecule has 1 aliphatic rings. The van der Waals surface area contributed by atoms with Gasteiger partial charge in [-0.3, -0.25) is 4.98 Å². The van der Waals surface area contributed by atoms with E-state index in [9.17, 15) is 0 Å². The molecule has 110 valence electrons. The zero-order valence-electron chi connectivity index (χ0n) is 12.3. The highest BCUT2D eigenvalue weighted by molar-refractivity contribution is 9.10. The fourth-order valence-corrected chi connectivity index (χ4v) is 3.60. The minimum Gasteiger partial charge on any atom is -0.312 e. The maximum atomic E-state index is 4.56. The first-order valence-electron chi connectivity index (χ1n) is 7.64. The van der Waals surface area contributed by atoms with E-state index in [2.05, 4.69) is 62.6 Å². The maximum Gasteiger partial charge on any atom is 0.0574 e. The van der Waals surface area contributed by atoms with Gasteiger partial charge >= 0.3 is 0 Å². The normalized spacial score (nSPS) is 19.0. The van der Waals surface area contributed by atoms with E-state index in [1.807, 2.05) is 13.2 Å². The molecule has 0 amide bonds. The van der Waals surface area contributed by atoms with Crippen LogP contribution < -0.4 is 5.32 Å². The molecule has 0 bridgehead atoms. The van der Waals surface area contributed by atoms with Gasteiger partial charge in [-0.25, -0.2) is 0 Å². The summed E-state index contributed by atoms with van der Waals surface area (Å²) >= 11 is 3.45. The minimum absolute atomic E-state index is 0.314. The first kappa shape index (κ1) is 14.7. The molecule has 3 heteroatoms. The molecule has 2 nitrogen and oxygen atoms in total. The standard InChI is InChI=1S/C18H21BrN2/c1-20-18(17-10-9-15(19)12-21-17)11-14-7-4-6-13-5-2-3-8-16(13)14/h2-3,5,8-10,12,14,18,20H,4,6-7,11H2,1H3. The monoisotopic (exact) mass is 344 g/mol. The topological polar surface area (TPSA) is 24.9 Å². The van der Waals surface area contributed by atoms with E-state index in [-0.39, 0.29) is 0 Å². The molecule has 0 saturated heterocycles. The molecule has 1 heterocycles. The molecule has 1 aromatic heterocycles. The first-order valence-corrected chi connectivity index (χ1v) is 8.43. The van der Waals surface area contributed by atoms with Crippen LogP contribution in [0.5, 0.6) is 0 Å². The minimum atomic E-state index is 0.314. The largest absolute Gasteiger partial charge is 0.312 e. The van der Waals surface area contributed by atoms with E-state index in [4.69, 9.17) is 0 Å². The van der Waals surface area contributed by atoms with E-state index in [0.29, 0.717) is 12.0 Å². The van der Waals surface area contributed by atoms with Crippen LogP contribution in [0.15, 0.2) is 47.1 Å². The third-order valence-electron chi connectivity index (χ3n) is 4.47. The summed E-state index contributed by atoms with van der Waals surface area (Å²) in [6, 6.07) is 13.4. The number of nitrogens with one attached hydrogen (secondary N) is 1. The van der Waals surface area contributed by atoms with Crippen molar-refractivity contribution in [3.05, 3.63) is 63.9 Å². The molecule has 0 fully saturated rings. The van der Waals surface area contributed by atoms with Gasteiger partial charge in [0, 0.05) is 16.7 Å².